The Morgan fingerprint density at radius 2 is 2.17 bits per heavy atom. The van der Waals surface area contributed by atoms with Crippen molar-refractivity contribution in [2.45, 2.75) is 31.5 Å². The zero-order valence-corrected chi connectivity index (χ0v) is 14.3. The molecule has 0 N–H and O–H groups in total. The van der Waals surface area contributed by atoms with Gasteiger partial charge in [-0.05, 0) is 13.8 Å². The molecule has 0 saturated carbocycles. The lowest BCUT2D eigenvalue weighted by Crippen LogP contribution is -2.42. The van der Waals surface area contributed by atoms with E-state index in [4.69, 9.17) is 4.74 Å². The lowest BCUT2D eigenvalue weighted by Gasteiger charge is -2.31. The van der Waals surface area contributed by atoms with Crippen molar-refractivity contribution in [3.63, 3.8) is 0 Å². The third-order valence-corrected chi connectivity index (χ3v) is 5.81. The molecule has 3 rings (SSSR count). The number of morpholine rings is 1. The topological polar surface area (TPSA) is 82.2 Å². The molecule has 0 unspecified atom stereocenters. The largest absolute Gasteiger partial charge is 0.371 e. The zero-order chi connectivity index (χ0) is 16.6. The van der Waals surface area contributed by atoms with E-state index in [1.54, 1.807) is 35.6 Å². The average Bonchev–Trinajstić information content (AvgIpc) is 3.15. The number of hydrogen-bond donors (Lipinski definition) is 0. The molecule has 3 heterocycles. The summed E-state index contributed by atoms with van der Waals surface area (Å²) in [6.07, 6.45) is 4.87. The Morgan fingerprint density at radius 1 is 1.39 bits per heavy atom. The molecule has 1 aliphatic rings. The lowest BCUT2D eigenvalue weighted by molar-refractivity contribution is -0.00266. The Balaban J connectivity index is 1.82. The molecule has 2 aromatic heterocycles. The van der Waals surface area contributed by atoms with Crippen LogP contribution in [0.25, 0.3) is 0 Å². The number of hydrogen-bond acceptors (Lipinski definition) is 5. The molecule has 1 atom stereocenters. The normalized spacial score (nSPS) is 20.0. The number of aromatic nitrogens is 4. The van der Waals surface area contributed by atoms with Gasteiger partial charge in [-0.2, -0.15) is 9.40 Å². The Morgan fingerprint density at radius 3 is 2.78 bits per heavy atom. The highest BCUT2D eigenvalue weighted by Gasteiger charge is 2.33. The number of sulfonamides is 1. The molecule has 1 aliphatic heterocycles. The Hall–Kier alpha value is -1.71. The van der Waals surface area contributed by atoms with E-state index in [-0.39, 0.29) is 17.7 Å². The first-order valence-electron chi connectivity index (χ1n) is 7.56. The molecule has 0 amide bonds. The van der Waals surface area contributed by atoms with Crippen molar-refractivity contribution >= 4 is 10.0 Å². The van der Waals surface area contributed by atoms with Crippen LogP contribution >= 0.6 is 0 Å². The van der Waals surface area contributed by atoms with E-state index in [1.165, 1.54) is 4.31 Å². The molecule has 2 aromatic rings. The Kier molecular flexibility index (Phi) is 4.26. The highest BCUT2D eigenvalue weighted by molar-refractivity contribution is 7.89. The minimum atomic E-state index is -3.61. The van der Waals surface area contributed by atoms with Gasteiger partial charge in [0.15, 0.2) is 5.03 Å². The molecule has 126 valence electrons. The van der Waals surface area contributed by atoms with Crippen LogP contribution in [0.15, 0.2) is 23.6 Å². The molecule has 9 heteroatoms. The van der Waals surface area contributed by atoms with E-state index < -0.39 is 10.0 Å². The minimum absolute atomic E-state index is 0.0856. The van der Waals surface area contributed by atoms with Crippen LogP contribution in [0, 0.1) is 6.92 Å². The van der Waals surface area contributed by atoms with Gasteiger partial charge in [-0.25, -0.2) is 13.4 Å². The average molecular weight is 339 g/mol. The first-order chi connectivity index (χ1) is 10.9. The van der Waals surface area contributed by atoms with Crippen molar-refractivity contribution in [1.82, 2.24) is 23.6 Å². The molecule has 0 bridgehead atoms. The van der Waals surface area contributed by atoms with Gasteiger partial charge < -0.3 is 9.30 Å². The first-order valence-corrected chi connectivity index (χ1v) is 9.00. The van der Waals surface area contributed by atoms with Crippen molar-refractivity contribution < 1.29 is 13.2 Å². The molecule has 1 fully saturated rings. The van der Waals surface area contributed by atoms with Crippen molar-refractivity contribution in [1.29, 1.82) is 0 Å². The van der Waals surface area contributed by atoms with Gasteiger partial charge in [-0.15, -0.1) is 0 Å². The third-order valence-electron chi connectivity index (χ3n) is 4.07. The quantitative estimate of drug-likeness (QED) is 0.819. The number of ether oxygens (including phenoxy) is 1. The standard InChI is InChI=1S/C14H21N5O3S/c1-4-18-8-12(7-15-18)13-9-19(5-6-22-13)23(20,21)14-10-17(3)11(2)16-14/h7-8,10,13H,4-6,9H2,1-3H3/t13-/m0/s1. The molecular weight excluding hydrogens is 318 g/mol. The maximum Gasteiger partial charge on any atom is 0.262 e. The molecule has 0 aliphatic carbocycles. The van der Waals surface area contributed by atoms with Crippen LogP contribution in [0.2, 0.25) is 0 Å². The summed E-state index contributed by atoms with van der Waals surface area (Å²) in [6.45, 7) is 5.50. The molecule has 8 nitrogen and oxygen atoms in total. The fourth-order valence-electron chi connectivity index (χ4n) is 2.55. The van der Waals surface area contributed by atoms with Crippen LogP contribution in [-0.2, 0) is 28.4 Å². The predicted octanol–water partition coefficient (Wildman–Crippen LogP) is 0.707. The van der Waals surface area contributed by atoms with Crippen LogP contribution in [0.1, 0.15) is 24.4 Å². The van der Waals surface area contributed by atoms with Crippen LogP contribution in [0.4, 0.5) is 0 Å². The van der Waals surface area contributed by atoms with Gasteiger partial charge in [0.05, 0.1) is 18.9 Å². The van der Waals surface area contributed by atoms with E-state index >= 15 is 0 Å². The van der Waals surface area contributed by atoms with Crippen molar-refractivity contribution in [3.05, 3.63) is 30.0 Å². The van der Waals surface area contributed by atoms with Crippen molar-refractivity contribution in [3.8, 4) is 0 Å². The molecular formula is C14H21N5O3S. The highest BCUT2D eigenvalue weighted by Crippen LogP contribution is 2.26. The second kappa shape index (κ2) is 6.06. The van der Waals surface area contributed by atoms with Crippen LogP contribution in [0.3, 0.4) is 0 Å². The number of aryl methyl sites for hydroxylation is 3. The van der Waals surface area contributed by atoms with Gasteiger partial charge in [-0.3, -0.25) is 4.68 Å². The fraction of sp³-hybridized carbons (Fsp3) is 0.571. The maximum atomic E-state index is 12.8. The molecule has 0 radical (unpaired) electrons. The minimum Gasteiger partial charge on any atom is -0.371 e. The van der Waals surface area contributed by atoms with E-state index in [1.807, 2.05) is 13.1 Å². The van der Waals surface area contributed by atoms with E-state index in [2.05, 4.69) is 10.1 Å². The van der Waals surface area contributed by atoms with Gasteiger partial charge in [0.2, 0.25) is 0 Å². The SMILES string of the molecule is CCn1cc([C@@H]2CN(S(=O)(=O)c3cn(C)c(C)n3)CCO2)cn1. The highest BCUT2D eigenvalue weighted by atomic mass is 32.2. The van der Waals surface area contributed by atoms with Gasteiger partial charge in [0, 0.05) is 44.6 Å². The Labute approximate surface area is 135 Å². The number of imidazole rings is 1. The predicted molar refractivity (Wildman–Crippen MR) is 83.3 cm³/mol. The first kappa shape index (κ1) is 16.2. The van der Waals surface area contributed by atoms with Gasteiger partial charge >= 0.3 is 0 Å². The number of rotatable bonds is 4. The van der Waals surface area contributed by atoms with Crippen LogP contribution < -0.4 is 0 Å². The summed E-state index contributed by atoms with van der Waals surface area (Å²) in [7, 11) is -1.83. The third kappa shape index (κ3) is 3.04. The summed E-state index contributed by atoms with van der Waals surface area (Å²) in [6, 6.07) is 0. The van der Waals surface area contributed by atoms with Gasteiger partial charge in [0.1, 0.15) is 5.82 Å². The second-order valence-corrected chi connectivity index (χ2v) is 7.47. The maximum absolute atomic E-state index is 12.8. The van der Waals surface area contributed by atoms with E-state index in [9.17, 15) is 8.42 Å². The summed E-state index contributed by atoms with van der Waals surface area (Å²) in [5.41, 5.74) is 0.893. The Bertz CT molecular complexity index is 776. The summed E-state index contributed by atoms with van der Waals surface area (Å²) < 4.78 is 36.2. The molecule has 0 aromatic carbocycles. The van der Waals surface area contributed by atoms with Crippen molar-refractivity contribution in [2.75, 3.05) is 19.7 Å². The summed E-state index contributed by atoms with van der Waals surface area (Å²) in [5.74, 6) is 0.664. The smallest absolute Gasteiger partial charge is 0.262 e. The molecule has 0 spiro atoms. The summed E-state index contributed by atoms with van der Waals surface area (Å²) in [5, 5.41) is 4.31. The van der Waals surface area contributed by atoms with Gasteiger partial charge in [-0.1, -0.05) is 0 Å². The second-order valence-electron chi connectivity index (χ2n) is 5.59. The molecule has 1 saturated heterocycles. The monoisotopic (exact) mass is 339 g/mol. The summed E-state index contributed by atoms with van der Waals surface area (Å²) in [4.78, 5) is 4.15. The van der Waals surface area contributed by atoms with Crippen LogP contribution in [-0.4, -0.2) is 51.8 Å². The van der Waals surface area contributed by atoms with E-state index in [0.29, 0.717) is 19.0 Å². The number of nitrogens with zero attached hydrogens (tertiary/aromatic N) is 5. The fourth-order valence-corrected chi connectivity index (χ4v) is 4.00. The van der Waals surface area contributed by atoms with Crippen LogP contribution in [0.5, 0.6) is 0 Å². The zero-order valence-electron chi connectivity index (χ0n) is 13.5. The molecule has 23 heavy (non-hydrogen) atoms. The van der Waals surface area contributed by atoms with E-state index in [0.717, 1.165) is 12.1 Å². The van der Waals surface area contributed by atoms with Crippen molar-refractivity contribution in [2.24, 2.45) is 7.05 Å². The van der Waals surface area contributed by atoms with Gasteiger partial charge in [0.25, 0.3) is 10.0 Å². The summed E-state index contributed by atoms with van der Waals surface area (Å²) >= 11 is 0. The lowest BCUT2D eigenvalue weighted by atomic mass is 10.2.